The van der Waals surface area contributed by atoms with Gasteiger partial charge in [-0.3, -0.25) is 25.0 Å². The third-order valence-electron chi connectivity index (χ3n) is 4.60. The molecule has 0 radical (unpaired) electrons. The topological polar surface area (TPSA) is 123 Å². The van der Waals surface area contributed by atoms with Crippen LogP contribution in [0.4, 0.5) is 16.2 Å². The molecule has 4 amide bonds. The van der Waals surface area contributed by atoms with Gasteiger partial charge in [0.05, 0.1) is 15.6 Å². The molecular formula is C21H10BrCl2N3O6. The number of barbiturate groups is 1. The van der Waals surface area contributed by atoms with E-state index in [1.54, 1.807) is 12.1 Å². The van der Waals surface area contributed by atoms with Gasteiger partial charge in [-0.05, 0) is 48.5 Å². The Balaban J connectivity index is 1.70. The van der Waals surface area contributed by atoms with Crippen molar-refractivity contribution in [2.24, 2.45) is 0 Å². The highest BCUT2D eigenvalue weighted by Gasteiger charge is 2.37. The monoisotopic (exact) mass is 549 g/mol. The Morgan fingerprint density at radius 2 is 1.73 bits per heavy atom. The first-order valence-electron chi connectivity index (χ1n) is 9.06. The first-order valence-corrected chi connectivity index (χ1v) is 10.6. The second kappa shape index (κ2) is 8.81. The van der Waals surface area contributed by atoms with Crippen LogP contribution in [0, 0.1) is 10.1 Å². The Labute approximate surface area is 203 Å². The molecule has 166 valence electrons. The SMILES string of the molecule is O=C1NC(=O)N(c2ccc(Br)cc2)C(=O)/C1=C/c1ccc(-c2cc([N+](=O)[O-])c(Cl)cc2Cl)o1. The van der Waals surface area contributed by atoms with Gasteiger partial charge in [0.15, 0.2) is 0 Å². The summed E-state index contributed by atoms with van der Waals surface area (Å²) in [5.41, 5.74) is -0.243. The Morgan fingerprint density at radius 3 is 2.39 bits per heavy atom. The number of hydrogen-bond donors (Lipinski definition) is 1. The normalized spacial score (nSPS) is 15.2. The lowest BCUT2D eigenvalue weighted by molar-refractivity contribution is -0.384. The molecular weight excluding hydrogens is 541 g/mol. The Morgan fingerprint density at radius 1 is 1.03 bits per heavy atom. The Kier molecular flexibility index (Phi) is 6.07. The summed E-state index contributed by atoms with van der Waals surface area (Å²) in [6.45, 7) is 0. The quantitative estimate of drug-likeness (QED) is 0.195. The highest BCUT2D eigenvalue weighted by molar-refractivity contribution is 9.10. The van der Waals surface area contributed by atoms with E-state index in [2.05, 4.69) is 21.2 Å². The molecule has 9 nitrogen and oxygen atoms in total. The third-order valence-corrected chi connectivity index (χ3v) is 5.74. The lowest BCUT2D eigenvalue weighted by atomic mass is 10.1. The molecule has 1 fully saturated rings. The van der Waals surface area contributed by atoms with Gasteiger partial charge in [-0.15, -0.1) is 0 Å². The smallest absolute Gasteiger partial charge is 0.335 e. The van der Waals surface area contributed by atoms with Gasteiger partial charge < -0.3 is 4.42 Å². The molecule has 12 heteroatoms. The number of furan rings is 1. The van der Waals surface area contributed by atoms with Crippen molar-refractivity contribution in [1.29, 1.82) is 0 Å². The number of nitrogens with one attached hydrogen (secondary N) is 1. The van der Waals surface area contributed by atoms with Crippen LogP contribution < -0.4 is 10.2 Å². The van der Waals surface area contributed by atoms with Crippen LogP contribution in [-0.4, -0.2) is 22.8 Å². The minimum Gasteiger partial charge on any atom is -0.457 e. The van der Waals surface area contributed by atoms with E-state index in [-0.39, 0.29) is 44.1 Å². The number of amides is 4. The number of nitro groups is 1. The van der Waals surface area contributed by atoms with Crippen molar-refractivity contribution in [2.75, 3.05) is 4.90 Å². The van der Waals surface area contributed by atoms with Crippen LogP contribution in [0.3, 0.4) is 0 Å². The van der Waals surface area contributed by atoms with E-state index in [0.29, 0.717) is 0 Å². The molecule has 1 aliphatic heterocycles. The second-order valence-corrected chi connectivity index (χ2v) is 8.41. The average Bonchev–Trinajstić information content (AvgIpc) is 3.20. The zero-order valence-corrected chi connectivity index (χ0v) is 19.3. The van der Waals surface area contributed by atoms with Gasteiger partial charge in [0.1, 0.15) is 22.1 Å². The summed E-state index contributed by atoms with van der Waals surface area (Å²) in [7, 11) is 0. The van der Waals surface area contributed by atoms with Crippen LogP contribution in [0.25, 0.3) is 17.4 Å². The van der Waals surface area contributed by atoms with E-state index in [4.69, 9.17) is 27.6 Å². The van der Waals surface area contributed by atoms with Crippen molar-refractivity contribution in [3.8, 4) is 11.3 Å². The van der Waals surface area contributed by atoms with E-state index in [0.717, 1.165) is 21.5 Å². The maximum Gasteiger partial charge on any atom is 0.335 e. The molecule has 1 aliphatic rings. The number of anilines is 1. The molecule has 0 unspecified atom stereocenters. The van der Waals surface area contributed by atoms with Crippen LogP contribution in [-0.2, 0) is 9.59 Å². The summed E-state index contributed by atoms with van der Waals surface area (Å²) in [6, 6.07) is 10.8. The highest BCUT2D eigenvalue weighted by atomic mass is 79.9. The molecule has 3 aromatic rings. The summed E-state index contributed by atoms with van der Waals surface area (Å²) in [6.07, 6.45) is 1.16. The van der Waals surface area contributed by atoms with Crippen LogP contribution in [0.15, 0.2) is 63.0 Å². The number of hydrogen-bond acceptors (Lipinski definition) is 6. The van der Waals surface area contributed by atoms with Crippen molar-refractivity contribution in [1.82, 2.24) is 5.32 Å². The van der Waals surface area contributed by atoms with Gasteiger partial charge in [-0.2, -0.15) is 0 Å². The van der Waals surface area contributed by atoms with Crippen LogP contribution in [0.2, 0.25) is 10.0 Å². The van der Waals surface area contributed by atoms with E-state index >= 15 is 0 Å². The molecule has 0 saturated carbocycles. The molecule has 0 spiro atoms. The molecule has 0 aliphatic carbocycles. The summed E-state index contributed by atoms with van der Waals surface area (Å²) in [4.78, 5) is 48.9. The predicted molar refractivity (Wildman–Crippen MR) is 124 cm³/mol. The van der Waals surface area contributed by atoms with Gasteiger partial charge >= 0.3 is 6.03 Å². The molecule has 2 heterocycles. The van der Waals surface area contributed by atoms with E-state index in [1.807, 2.05) is 0 Å². The second-order valence-electron chi connectivity index (χ2n) is 6.68. The summed E-state index contributed by atoms with van der Waals surface area (Å²) in [5.74, 6) is -1.50. The average molecular weight is 551 g/mol. The van der Waals surface area contributed by atoms with E-state index < -0.39 is 22.8 Å². The number of carbonyl (C=O) groups excluding carboxylic acids is 3. The summed E-state index contributed by atoms with van der Waals surface area (Å²) in [5, 5.41) is 13.3. The minimum atomic E-state index is -0.892. The van der Waals surface area contributed by atoms with Crippen molar-refractivity contribution in [2.45, 2.75) is 0 Å². The van der Waals surface area contributed by atoms with Crippen LogP contribution in [0.5, 0.6) is 0 Å². The number of rotatable bonds is 4. The third kappa shape index (κ3) is 4.40. The first-order chi connectivity index (χ1) is 15.7. The maximum absolute atomic E-state index is 12.9. The fraction of sp³-hybridized carbons (Fsp3) is 0. The van der Waals surface area contributed by atoms with Gasteiger partial charge in [-0.1, -0.05) is 39.1 Å². The molecule has 0 atom stereocenters. The first kappa shape index (κ1) is 22.7. The number of nitro benzene ring substituents is 1. The molecule has 1 aromatic heterocycles. The molecule has 2 aromatic carbocycles. The number of benzene rings is 2. The van der Waals surface area contributed by atoms with Crippen molar-refractivity contribution < 1.29 is 23.7 Å². The van der Waals surface area contributed by atoms with Crippen LogP contribution >= 0.6 is 39.1 Å². The predicted octanol–water partition coefficient (Wildman–Crippen LogP) is 5.59. The molecule has 1 N–H and O–H groups in total. The zero-order chi connectivity index (χ0) is 23.9. The van der Waals surface area contributed by atoms with Gasteiger partial charge in [0.25, 0.3) is 17.5 Å². The number of carbonyl (C=O) groups is 3. The molecule has 4 rings (SSSR count). The zero-order valence-electron chi connectivity index (χ0n) is 16.2. The van der Waals surface area contributed by atoms with Gasteiger partial charge in [0.2, 0.25) is 0 Å². The standard InChI is InChI=1S/C21H10BrCl2N3O6/c22-10-1-3-11(4-2-10)26-20(29)14(19(28)25-21(26)30)7-12-5-6-18(33-12)13-8-17(27(31)32)16(24)9-15(13)23/h1-9H,(H,25,28,30)/b14-7+. The summed E-state index contributed by atoms with van der Waals surface area (Å²) >= 11 is 15.3. The summed E-state index contributed by atoms with van der Waals surface area (Å²) < 4.78 is 6.38. The van der Waals surface area contributed by atoms with Crippen LogP contribution in [0.1, 0.15) is 5.76 Å². The van der Waals surface area contributed by atoms with Crippen molar-refractivity contribution in [3.05, 3.63) is 84.5 Å². The molecule has 0 bridgehead atoms. The van der Waals surface area contributed by atoms with Gasteiger partial charge in [-0.25, -0.2) is 9.69 Å². The number of urea groups is 1. The minimum absolute atomic E-state index is 0.0854. The Bertz CT molecular complexity index is 1370. The number of imide groups is 2. The lowest BCUT2D eigenvalue weighted by Gasteiger charge is -2.26. The number of nitrogens with zero attached hydrogens (tertiary/aromatic N) is 2. The van der Waals surface area contributed by atoms with Crippen molar-refractivity contribution >= 4 is 74.4 Å². The maximum atomic E-state index is 12.9. The lowest BCUT2D eigenvalue weighted by Crippen LogP contribution is -2.54. The number of halogens is 3. The largest absolute Gasteiger partial charge is 0.457 e. The fourth-order valence-corrected chi connectivity index (χ4v) is 3.88. The van der Waals surface area contributed by atoms with E-state index in [9.17, 15) is 24.5 Å². The van der Waals surface area contributed by atoms with Crippen molar-refractivity contribution in [3.63, 3.8) is 0 Å². The van der Waals surface area contributed by atoms with E-state index in [1.165, 1.54) is 30.3 Å². The molecule has 33 heavy (non-hydrogen) atoms. The highest BCUT2D eigenvalue weighted by Crippen LogP contribution is 2.37. The van der Waals surface area contributed by atoms with Gasteiger partial charge in [0, 0.05) is 16.1 Å². The Hall–Kier alpha value is -3.47. The molecule has 1 saturated heterocycles. The fourth-order valence-electron chi connectivity index (χ4n) is 3.07.